The molecular weight excluding hydrogens is 212 g/mol. The van der Waals surface area contributed by atoms with Gasteiger partial charge in [0.2, 0.25) is 0 Å². The van der Waals surface area contributed by atoms with E-state index in [4.69, 9.17) is 0 Å². The summed E-state index contributed by atoms with van der Waals surface area (Å²) in [4.78, 5) is 2.48. The summed E-state index contributed by atoms with van der Waals surface area (Å²) in [5, 5.41) is 13.0. The van der Waals surface area contributed by atoms with Gasteiger partial charge in [-0.15, -0.1) is 0 Å². The van der Waals surface area contributed by atoms with Gasteiger partial charge in [-0.25, -0.2) is 0 Å². The number of nitrogens with zero attached hydrogens (tertiary/aromatic N) is 1. The van der Waals surface area contributed by atoms with Crippen molar-refractivity contribution in [2.24, 2.45) is 5.92 Å². The molecule has 0 radical (unpaired) electrons. The van der Waals surface area contributed by atoms with Gasteiger partial charge in [0.25, 0.3) is 0 Å². The molecule has 1 aliphatic heterocycles. The van der Waals surface area contributed by atoms with Crippen molar-refractivity contribution in [3.05, 3.63) is 0 Å². The molecule has 0 bridgehead atoms. The van der Waals surface area contributed by atoms with Crippen LogP contribution in [0.25, 0.3) is 0 Å². The van der Waals surface area contributed by atoms with Gasteiger partial charge in [0.1, 0.15) is 0 Å². The van der Waals surface area contributed by atoms with E-state index in [1.165, 1.54) is 25.8 Å². The van der Waals surface area contributed by atoms with Crippen LogP contribution in [0.5, 0.6) is 0 Å². The first-order valence-electron chi connectivity index (χ1n) is 7.33. The Bertz CT molecular complexity index is 179. The van der Waals surface area contributed by atoms with E-state index < -0.39 is 0 Å². The van der Waals surface area contributed by atoms with E-state index in [1.54, 1.807) is 0 Å². The molecule has 0 aromatic rings. The van der Waals surface area contributed by atoms with Crippen molar-refractivity contribution >= 4 is 0 Å². The molecule has 0 aromatic carbocycles. The van der Waals surface area contributed by atoms with Gasteiger partial charge >= 0.3 is 0 Å². The standard InChI is InChI=1S/C14H30N2O/c1-3-5-13(2)12-15-8-4-9-16-10-6-14(17)7-11-16/h13-15,17H,3-12H2,1-2H3. The number of rotatable bonds is 8. The number of hydrogen-bond acceptors (Lipinski definition) is 3. The van der Waals surface area contributed by atoms with Crippen LogP contribution in [0.15, 0.2) is 0 Å². The highest BCUT2D eigenvalue weighted by Gasteiger charge is 2.15. The zero-order valence-corrected chi connectivity index (χ0v) is 11.6. The lowest BCUT2D eigenvalue weighted by Gasteiger charge is -2.29. The molecule has 1 fully saturated rings. The fourth-order valence-corrected chi connectivity index (χ4v) is 2.51. The topological polar surface area (TPSA) is 35.5 Å². The monoisotopic (exact) mass is 242 g/mol. The Balaban J connectivity index is 1.90. The fraction of sp³-hybridized carbons (Fsp3) is 1.00. The van der Waals surface area contributed by atoms with Gasteiger partial charge in [-0.1, -0.05) is 20.3 Å². The van der Waals surface area contributed by atoms with E-state index in [2.05, 4.69) is 24.1 Å². The zero-order valence-electron chi connectivity index (χ0n) is 11.6. The van der Waals surface area contributed by atoms with Crippen LogP contribution in [-0.2, 0) is 0 Å². The molecule has 1 saturated heterocycles. The molecule has 17 heavy (non-hydrogen) atoms. The van der Waals surface area contributed by atoms with Crippen molar-refractivity contribution in [1.29, 1.82) is 0 Å². The highest BCUT2D eigenvalue weighted by molar-refractivity contribution is 4.71. The SMILES string of the molecule is CCCC(C)CNCCCN1CCC(O)CC1. The average Bonchev–Trinajstić information content (AvgIpc) is 2.31. The maximum atomic E-state index is 9.41. The Morgan fingerprint density at radius 1 is 1.35 bits per heavy atom. The van der Waals surface area contributed by atoms with Crippen LogP contribution in [0.4, 0.5) is 0 Å². The maximum Gasteiger partial charge on any atom is 0.0564 e. The van der Waals surface area contributed by atoms with Crippen molar-refractivity contribution in [1.82, 2.24) is 10.2 Å². The second kappa shape index (κ2) is 8.90. The molecule has 0 saturated carbocycles. The third kappa shape index (κ3) is 7.02. The van der Waals surface area contributed by atoms with Gasteiger partial charge in [0.05, 0.1) is 6.10 Å². The van der Waals surface area contributed by atoms with E-state index in [9.17, 15) is 5.11 Å². The first-order chi connectivity index (χ1) is 8.22. The first-order valence-corrected chi connectivity index (χ1v) is 7.33. The molecule has 2 N–H and O–H groups in total. The molecule has 1 atom stereocenters. The molecule has 102 valence electrons. The van der Waals surface area contributed by atoms with Gasteiger partial charge in [-0.3, -0.25) is 0 Å². The zero-order chi connectivity index (χ0) is 12.5. The smallest absolute Gasteiger partial charge is 0.0564 e. The molecular formula is C14H30N2O. The molecule has 3 nitrogen and oxygen atoms in total. The summed E-state index contributed by atoms with van der Waals surface area (Å²) in [7, 11) is 0. The second-order valence-electron chi connectivity index (χ2n) is 5.52. The van der Waals surface area contributed by atoms with Crippen molar-refractivity contribution in [2.45, 2.75) is 52.1 Å². The average molecular weight is 242 g/mol. The highest BCUT2D eigenvalue weighted by Crippen LogP contribution is 2.09. The largest absolute Gasteiger partial charge is 0.393 e. The summed E-state index contributed by atoms with van der Waals surface area (Å²) in [6.07, 6.45) is 5.73. The lowest BCUT2D eigenvalue weighted by atomic mass is 10.1. The predicted molar refractivity (Wildman–Crippen MR) is 73.2 cm³/mol. The third-order valence-electron chi connectivity index (χ3n) is 3.66. The lowest BCUT2D eigenvalue weighted by molar-refractivity contribution is 0.0821. The van der Waals surface area contributed by atoms with Gasteiger partial charge in [0, 0.05) is 13.1 Å². The summed E-state index contributed by atoms with van der Waals surface area (Å²) in [5.41, 5.74) is 0. The number of aliphatic hydroxyl groups excluding tert-OH is 1. The quantitative estimate of drug-likeness (QED) is 0.638. The van der Waals surface area contributed by atoms with Crippen LogP contribution < -0.4 is 5.32 Å². The van der Waals surface area contributed by atoms with Crippen molar-refractivity contribution in [3.63, 3.8) is 0 Å². The van der Waals surface area contributed by atoms with E-state index >= 15 is 0 Å². The molecule has 0 spiro atoms. The number of likely N-dealkylation sites (tertiary alicyclic amines) is 1. The van der Waals surface area contributed by atoms with Crippen LogP contribution >= 0.6 is 0 Å². The minimum absolute atomic E-state index is 0.0423. The second-order valence-corrected chi connectivity index (χ2v) is 5.52. The van der Waals surface area contributed by atoms with Crippen LogP contribution in [0.2, 0.25) is 0 Å². The van der Waals surface area contributed by atoms with E-state index in [1.807, 2.05) is 0 Å². The summed E-state index contributed by atoms with van der Waals surface area (Å²) >= 11 is 0. The van der Waals surface area contributed by atoms with Crippen molar-refractivity contribution in [3.8, 4) is 0 Å². The van der Waals surface area contributed by atoms with Crippen LogP contribution in [-0.4, -0.2) is 48.8 Å². The van der Waals surface area contributed by atoms with Crippen LogP contribution in [0.1, 0.15) is 46.0 Å². The Kier molecular flexibility index (Phi) is 7.82. The molecule has 3 heteroatoms. The van der Waals surface area contributed by atoms with Crippen molar-refractivity contribution in [2.75, 3.05) is 32.7 Å². The van der Waals surface area contributed by atoms with Gasteiger partial charge < -0.3 is 15.3 Å². The van der Waals surface area contributed by atoms with E-state index in [0.717, 1.165) is 44.9 Å². The number of hydrogen-bond donors (Lipinski definition) is 2. The van der Waals surface area contributed by atoms with Gasteiger partial charge in [-0.2, -0.15) is 0 Å². The van der Waals surface area contributed by atoms with Crippen molar-refractivity contribution < 1.29 is 5.11 Å². The van der Waals surface area contributed by atoms with Gasteiger partial charge in [-0.05, 0) is 51.2 Å². The maximum absolute atomic E-state index is 9.41. The molecule has 1 aliphatic rings. The van der Waals surface area contributed by atoms with Crippen LogP contribution in [0, 0.1) is 5.92 Å². The van der Waals surface area contributed by atoms with Gasteiger partial charge in [0.15, 0.2) is 0 Å². The Morgan fingerprint density at radius 3 is 2.71 bits per heavy atom. The third-order valence-corrected chi connectivity index (χ3v) is 3.66. The summed E-state index contributed by atoms with van der Waals surface area (Å²) in [5.74, 6) is 0.810. The minimum atomic E-state index is -0.0423. The Labute approximate surface area is 107 Å². The molecule has 0 amide bonds. The number of piperidine rings is 1. The summed E-state index contributed by atoms with van der Waals surface area (Å²) in [6.45, 7) is 10.2. The number of aliphatic hydroxyl groups is 1. The molecule has 1 rings (SSSR count). The minimum Gasteiger partial charge on any atom is -0.393 e. The molecule has 0 aromatic heterocycles. The van der Waals surface area contributed by atoms with Crippen LogP contribution in [0.3, 0.4) is 0 Å². The first kappa shape index (κ1) is 14.9. The van der Waals surface area contributed by atoms with E-state index in [0.29, 0.717) is 0 Å². The Morgan fingerprint density at radius 2 is 2.06 bits per heavy atom. The van der Waals surface area contributed by atoms with E-state index in [-0.39, 0.29) is 6.10 Å². The summed E-state index contributed by atoms with van der Waals surface area (Å²) < 4.78 is 0. The summed E-state index contributed by atoms with van der Waals surface area (Å²) in [6, 6.07) is 0. The predicted octanol–water partition coefficient (Wildman–Crippen LogP) is 1.86. The molecule has 0 aliphatic carbocycles. The lowest BCUT2D eigenvalue weighted by Crippen LogP contribution is -2.37. The molecule has 1 heterocycles. The fourth-order valence-electron chi connectivity index (χ4n) is 2.51. The normalized spacial score (nSPS) is 20.6. The highest BCUT2D eigenvalue weighted by atomic mass is 16.3. The molecule has 1 unspecified atom stereocenters. The Hall–Kier alpha value is -0.120. The number of nitrogens with one attached hydrogen (secondary N) is 1.